The largest absolute Gasteiger partial charge is 0.493 e. The summed E-state index contributed by atoms with van der Waals surface area (Å²) in [6.07, 6.45) is -1.50. The molecule has 7 heteroatoms. The predicted octanol–water partition coefficient (Wildman–Crippen LogP) is 4.68. The Bertz CT molecular complexity index is 773. The van der Waals surface area contributed by atoms with Gasteiger partial charge in [0.15, 0.2) is 6.61 Å². The Hall–Kier alpha value is -2.96. The van der Waals surface area contributed by atoms with E-state index < -0.39 is 18.7 Å². The van der Waals surface area contributed by atoms with E-state index in [1.54, 1.807) is 24.3 Å². The molecule has 0 atom stereocenters. The van der Waals surface area contributed by atoms with Gasteiger partial charge < -0.3 is 14.8 Å². The van der Waals surface area contributed by atoms with Crippen LogP contribution in [0.1, 0.15) is 12.5 Å². The van der Waals surface area contributed by atoms with Gasteiger partial charge in [-0.3, -0.25) is 4.79 Å². The second-order valence-corrected chi connectivity index (χ2v) is 5.23. The van der Waals surface area contributed by atoms with Crippen LogP contribution in [0.3, 0.4) is 0 Å². The molecule has 0 aliphatic heterocycles. The zero-order valence-corrected chi connectivity index (χ0v) is 14.0. The third-order valence-corrected chi connectivity index (χ3v) is 3.14. The van der Waals surface area contributed by atoms with Crippen LogP contribution in [0.15, 0.2) is 54.6 Å². The summed E-state index contributed by atoms with van der Waals surface area (Å²) in [6.45, 7) is 0.974. The van der Waals surface area contributed by atoms with E-state index in [9.17, 15) is 18.0 Å². The summed E-state index contributed by atoms with van der Waals surface area (Å²) >= 11 is 0. The van der Waals surface area contributed by atoms with Crippen molar-refractivity contribution in [2.75, 3.05) is 18.5 Å². The summed E-state index contributed by atoms with van der Waals surface area (Å²) in [5.74, 6) is 0.247. The molecule has 0 unspecified atom stereocenters. The summed E-state index contributed by atoms with van der Waals surface area (Å²) < 4.78 is 46.7. The molecule has 0 aliphatic carbocycles. The summed E-state index contributed by atoms with van der Waals surface area (Å²) in [6, 6.07) is 13.0. The number of hydrogen-bond donors (Lipinski definition) is 1. The van der Waals surface area contributed by atoms with Crippen molar-refractivity contribution in [3.05, 3.63) is 60.2 Å². The van der Waals surface area contributed by atoms with E-state index in [2.05, 4.69) is 10.1 Å². The standard InChI is InChI=1S/C19H18F3NO3/c1-2-25-17-9-4-3-6-14(17)10-11-18(24)23-15-7-5-8-16(12-15)26-13-19(20,21)22/h3-12H,2,13H2,1H3,(H,23,24)/b11-10+. The first kappa shape index (κ1) is 19.4. The number of halogens is 3. The molecular weight excluding hydrogens is 347 g/mol. The third-order valence-electron chi connectivity index (χ3n) is 3.14. The molecule has 0 fully saturated rings. The molecular formula is C19H18F3NO3. The van der Waals surface area contributed by atoms with E-state index in [0.717, 1.165) is 5.56 Å². The fourth-order valence-electron chi connectivity index (χ4n) is 2.08. The number of benzene rings is 2. The average molecular weight is 365 g/mol. The molecule has 0 saturated carbocycles. The topological polar surface area (TPSA) is 47.6 Å². The molecule has 138 valence electrons. The minimum Gasteiger partial charge on any atom is -0.493 e. The maximum atomic E-state index is 12.2. The molecule has 2 aromatic rings. The number of hydrogen-bond acceptors (Lipinski definition) is 3. The van der Waals surface area contributed by atoms with Crippen LogP contribution in [-0.2, 0) is 4.79 Å². The van der Waals surface area contributed by atoms with Gasteiger partial charge in [0.1, 0.15) is 11.5 Å². The predicted molar refractivity (Wildman–Crippen MR) is 93.3 cm³/mol. The Morgan fingerprint density at radius 3 is 2.62 bits per heavy atom. The molecule has 4 nitrogen and oxygen atoms in total. The van der Waals surface area contributed by atoms with Gasteiger partial charge in [0, 0.05) is 23.4 Å². The van der Waals surface area contributed by atoms with E-state index in [1.165, 1.54) is 24.3 Å². The van der Waals surface area contributed by atoms with Crippen molar-refractivity contribution in [1.82, 2.24) is 0 Å². The normalized spacial score (nSPS) is 11.4. The van der Waals surface area contributed by atoms with Gasteiger partial charge in [-0.25, -0.2) is 0 Å². The van der Waals surface area contributed by atoms with E-state index in [-0.39, 0.29) is 5.75 Å². The zero-order valence-electron chi connectivity index (χ0n) is 14.0. The van der Waals surface area contributed by atoms with Crippen molar-refractivity contribution < 1.29 is 27.4 Å². The molecule has 0 saturated heterocycles. The Balaban J connectivity index is 2.00. The van der Waals surface area contributed by atoms with Crippen molar-refractivity contribution in [2.24, 2.45) is 0 Å². The molecule has 2 rings (SSSR count). The van der Waals surface area contributed by atoms with Crippen LogP contribution in [-0.4, -0.2) is 25.3 Å². The lowest BCUT2D eigenvalue weighted by molar-refractivity contribution is -0.153. The van der Waals surface area contributed by atoms with Crippen molar-refractivity contribution in [3.8, 4) is 11.5 Å². The number of rotatable bonds is 7. The Morgan fingerprint density at radius 2 is 1.88 bits per heavy atom. The third kappa shape index (κ3) is 6.51. The lowest BCUT2D eigenvalue weighted by atomic mass is 10.2. The molecule has 2 aromatic carbocycles. The highest BCUT2D eigenvalue weighted by Gasteiger charge is 2.28. The number of para-hydroxylation sites is 1. The molecule has 0 aromatic heterocycles. The number of ether oxygens (including phenoxy) is 2. The van der Waals surface area contributed by atoms with Crippen LogP contribution < -0.4 is 14.8 Å². The fraction of sp³-hybridized carbons (Fsp3) is 0.211. The minimum absolute atomic E-state index is 0.0193. The van der Waals surface area contributed by atoms with Gasteiger partial charge in [0.05, 0.1) is 6.61 Å². The Morgan fingerprint density at radius 1 is 1.12 bits per heavy atom. The van der Waals surface area contributed by atoms with Crippen molar-refractivity contribution in [1.29, 1.82) is 0 Å². The molecule has 26 heavy (non-hydrogen) atoms. The first-order valence-electron chi connectivity index (χ1n) is 7.88. The Kier molecular flexibility index (Phi) is 6.66. The first-order chi connectivity index (χ1) is 12.4. The maximum absolute atomic E-state index is 12.2. The molecule has 0 radical (unpaired) electrons. The van der Waals surface area contributed by atoms with Gasteiger partial charge in [0.2, 0.25) is 5.91 Å². The van der Waals surface area contributed by atoms with Gasteiger partial charge in [0.25, 0.3) is 0 Å². The van der Waals surface area contributed by atoms with Crippen molar-refractivity contribution >= 4 is 17.7 Å². The van der Waals surface area contributed by atoms with Crippen molar-refractivity contribution in [2.45, 2.75) is 13.1 Å². The average Bonchev–Trinajstić information content (AvgIpc) is 2.59. The van der Waals surface area contributed by atoms with Gasteiger partial charge in [-0.2, -0.15) is 13.2 Å². The number of carbonyl (C=O) groups is 1. The quantitative estimate of drug-likeness (QED) is 0.725. The summed E-state index contributed by atoms with van der Waals surface area (Å²) in [5.41, 5.74) is 1.07. The molecule has 0 bridgehead atoms. The number of nitrogens with one attached hydrogen (secondary N) is 1. The van der Waals surface area contributed by atoms with E-state index >= 15 is 0 Å². The zero-order chi connectivity index (χ0) is 19.0. The van der Waals surface area contributed by atoms with Gasteiger partial charge in [-0.05, 0) is 31.2 Å². The molecule has 1 N–H and O–H groups in total. The maximum Gasteiger partial charge on any atom is 0.422 e. The number of amides is 1. The second kappa shape index (κ2) is 8.94. The number of alkyl halides is 3. The summed E-state index contributed by atoms with van der Waals surface area (Å²) in [5, 5.41) is 2.57. The Labute approximate surface area is 149 Å². The molecule has 1 amide bonds. The monoisotopic (exact) mass is 365 g/mol. The van der Waals surface area contributed by atoms with Gasteiger partial charge in [-0.15, -0.1) is 0 Å². The molecule has 0 aliphatic rings. The summed E-state index contributed by atoms with van der Waals surface area (Å²) in [7, 11) is 0. The SMILES string of the molecule is CCOc1ccccc1/C=C/C(=O)Nc1cccc(OCC(F)(F)F)c1. The van der Waals surface area contributed by atoms with Crippen LogP contribution in [0.4, 0.5) is 18.9 Å². The number of carbonyl (C=O) groups excluding carboxylic acids is 1. The molecule has 0 heterocycles. The smallest absolute Gasteiger partial charge is 0.422 e. The van der Waals surface area contributed by atoms with Gasteiger partial charge >= 0.3 is 6.18 Å². The summed E-state index contributed by atoms with van der Waals surface area (Å²) in [4.78, 5) is 12.0. The highest BCUT2D eigenvalue weighted by atomic mass is 19.4. The van der Waals surface area contributed by atoms with Crippen LogP contribution in [0.25, 0.3) is 6.08 Å². The van der Waals surface area contributed by atoms with Crippen LogP contribution >= 0.6 is 0 Å². The van der Waals surface area contributed by atoms with Crippen molar-refractivity contribution in [3.63, 3.8) is 0 Å². The van der Waals surface area contributed by atoms with E-state index in [0.29, 0.717) is 18.0 Å². The lowest BCUT2D eigenvalue weighted by Crippen LogP contribution is -2.19. The number of anilines is 1. The highest BCUT2D eigenvalue weighted by molar-refractivity contribution is 6.02. The molecule has 0 spiro atoms. The van der Waals surface area contributed by atoms with E-state index in [1.807, 2.05) is 19.1 Å². The first-order valence-corrected chi connectivity index (χ1v) is 7.88. The lowest BCUT2D eigenvalue weighted by Gasteiger charge is -2.10. The van der Waals surface area contributed by atoms with Crippen LogP contribution in [0.2, 0.25) is 0 Å². The van der Waals surface area contributed by atoms with E-state index in [4.69, 9.17) is 4.74 Å². The minimum atomic E-state index is -4.42. The highest BCUT2D eigenvalue weighted by Crippen LogP contribution is 2.22. The van der Waals surface area contributed by atoms with Crippen LogP contribution in [0.5, 0.6) is 11.5 Å². The fourth-order valence-corrected chi connectivity index (χ4v) is 2.08. The van der Waals surface area contributed by atoms with Gasteiger partial charge in [-0.1, -0.05) is 24.3 Å². The second-order valence-electron chi connectivity index (χ2n) is 5.23. The van der Waals surface area contributed by atoms with Crippen LogP contribution in [0, 0.1) is 0 Å².